The van der Waals surface area contributed by atoms with Crippen LogP contribution in [0.4, 0.5) is 15.1 Å². The molecule has 0 aliphatic rings. The standard InChI is InChI=1S/C17H11FN2S/c18-15-10-13(12-4-2-1-3-5-12)6-7-16(15)20-17-14(11-19)8-9-21-17/h1-10,20H. The molecular formula is C17H11FN2S. The Kier molecular flexibility index (Phi) is 3.67. The van der Waals surface area contributed by atoms with E-state index in [1.54, 1.807) is 17.5 Å². The lowest BCUT2D eigenvalue weighted by molar-refractivity contribution is 0.632. The molecule has 1 aromatic heterocycles. The fourth-order valence-electron chi connectivity index (χ4n) is 2.04. The molecule has 1 N–H and O–H groups in total. The van der Waals surface area contributed by atoms with Gasteiger partial charge in [-0.3, -0.25) is 0 Å². The Bertz CT molecular complexity index is 803. The molecule has 0 atom stereocenters. The molecular weight excluding hydrogens is 283 g/mol. The number of nitrogens with zero attached hydrogens (tertiary/aromatic N) is 1. The number of hydrogen-bond acceptors (Lipinski definition) is 3. The van der Waals surface area contributed by atoms with Gasteiger partial charge in [0.2, 0.25) is 0 Å². The first-order valence-electron chi connectivity index (χ1n) is 6.37. The van der Waals surface area contributed by atoms with Crippen LogP contribution in [0.2, 0.25) is 0 Å². The normalized spacial score (nSPS) is 10.1. The van der Waals surface area contributed by atoms with Crippen LogP contribution < -0.4 is 5.32 Å². The summed E-state index contributed by atoms with van der Waals surface area (Å²) in [6.07, 6.45) is 0. The summed E-state index contributed by atoms with van der Waals surface area (Å²) in [7, 11) is 0. The van der Waals surface area contributed by atoms with E-state index in [-0.39, 0.29) is 5.82 Å². The van der Waals surface area contributed by atoms with Crippen LogP contribution in [0.5, 0.6) is 0 Å². The van der Waals surface area contributed by atoms with Gasteiger partial charge in [-0.15, -0.1) is 11.3 Å². The SMILES string of the molecule is N#Cc1ccsc1Nc1ccc(-c2ccccc2)cc1F. The molecule has 0 fully saturated rings. The molecule has 0 spiro atoms. The van der Waals surface area contributed by atoms with Gasteiger partial charge in [-0.1, -0.05) is 36.4 Å². The highest BCUT2D eigenvalue weighted by Crippen LogP contribution is 2.30. The van der Waals surface area contributed by atoms with Crippen LogP contribution in [-0.4, -0.2) is 0 Å². The number of halogens is 1. The Morgan fingerprint density at radius 2 is 1.81 bits per heavy atom. The molecule has 2 nitrogen and oxygen atoms in total. The first-order chi connectivity index (χ1) is 10.3. The van der Waals surface area contributed by atoms with E-state index >= 15 is 0 Å². The molecule has 0 saturated heterocycles. The zero-order valence-corrected chi connectivity index (χ0v) is 11.8. The van der Waals surface area contributed by atoms with Gasteiger partial charge in [0.1, 0.15) is 16.9 Å². The van der Waals surface area contributed by atoms with Gasteiger partial charge in [-0.05, 0) is 34.7 Å². The minimum atomic E-state index is -0.339. The van der Waals surface area contributed by atoms with Gasteiger partial charge in [0.15, 0.2) is 0 Å². The van der Waals surface area contributed by atoms with Crippen LogP contribution in [0.1, 0.15) is 5.56 Å². The molecule has 0 amide bonds. The largest absolute Gasteiger partial charge is 0.344 e. The number of nitrogens with one attached hydrogen (secondary N) is 1. The maximum absolute atomic E-state index is 14.2. The Morgan fingerprint density at radius 1 is 1.00 bits per heavy atom. The summed E-state index contributed by atoms with van der Waals surface area (Å²) in [5, 5.41) is 14.4. The summed E-state index contributed by atoms with van der Waals surface area (Å²) in [6, 6.07) is 18.5. The number of anilines is 2. The summed E-state index contributed by atoms with van der Waals surface area (Å²) in [5.41, 5.74) is 2.68. The number of benzene rings is 2. The maximum Gasteiger partial charge on any atom is 0.147 e. The number of hydrogen-bond donors (Lipinski definition) is 1. The van der Waals surface area contributed by atoms with Gasteiger partial charge in [-0.2, -0.15) is 5.26 Å². The Labute approximate surface area is 126 Å². The second-order valence-electron chi connectivity index (χ2n) is 4.46. The van der Waals surface area contributed by atoms with Crippen LogP contribution in [0.25, 0.3) is 11.1 Å². The van der Waals surface area contributed by atoms with Crippen molar-refractivity contribution in [1.82, 2.24) is 0 Å². The number of nitriles is 1. The quantitative estimate of drug-likeness (QED) is 0.723. The van der Waals surface area contributed by atoms with Crippen molar-refractivity contribution in [3.63, 3.8) is 0 Å². The Hall–Kier alpha value is -2.64. The highest BCUT2D eigenvalue weighted by molar-refractivity contribution is 7.14. The lowest BCUT2D eigenvalue weighted by Crippen LogP contribution is -1.93. The second kappa shape index (κ2) is 5.78. The third kappa shape index (κ3) is 2.78. The average Bonchev–Trinajstić information content (AvgIpc) is 2.97. The predicted molar refractivity (Wildman–Crippen MR) is 84.2 cm³/mol. The molecule has 4 heteroatoms. The van der Waals surface area contributed by atoms with Gasteiger partial charge in [0.05, 0.1) is 11.3 Å². The molecule has 0 aliphatic heterocycles. The van der Waals surface area contributed by atoms with Crippen molar-refractivity contribution in [2.45, 2.75) is 0 Å². The average molecular weight is 294 g/mol. The third-order valence-electron chi connectivity index (χ3n) is 3.11. The van der Waals surface area contributed by atoms with E-state index < -0.39 is 0 Å². The van der Waals surface area contributed by atoms with Gasteiger partial charge < -0.3 is 5.32 Å². The third-order valence-corrected chi connectivity index (χ3v) is 3.94. The molecule has 102 valence electrons. The van der Waals surface area contributed by atoms with E-state index in [1.807, 2.05) is 36.4 Å². The maximum atomic E-state index is 14.2. The van der Waals surface area contributed by atoms with E-state index in [0.29, 0.717) is 16.3 Å². The van der Waals surface area contributed by atoms with Crippen LogP contribution >= 0.6 is 11.3 Å². The first kappa shape index (κ1) is 13.3. The molecule has 1 heterocycles. The zero-order valence-electron chi connectivity index (χ0n) is 11.0. The van der Waals surface area contributed by atoms with Crippen molar-refractivity contribution in [3.05, 3.63) is 71.4 Å². The minimum absolute atomic E-state index is 0.339. The van der Waals surface area contributed by atoms with Gasteiger partial charge in [0.25, 0.3) is 0 Å². The zero-order chi connectivity index (χ0) is 14.7. The van der Waals surface area contributed by atoms with E-state index in [9.17, 15) is 4.39 Å². The van der Waals surface area contributed by atoms with Crippen molar-refractivity contribution >= 4 is 22.0 Å². The van der Waals surface area contributed by atoms with Gasteiger partial charge in [-0.25, -0.2) is 4.39 Å². The fraction of sp³-hybridized carbons (Fsp3) is 0. The minimum Gasteiger partial charge on any atom is -0.344 e. The summed E-state index contributed by atoms with van der Waals surface area (Å²) < 4.78 is 14.2. The lowest BCUT2D eigenvalue weighted by Gasteiger charge is -2.08. The van der Waals surface area contributed by atoms with Crippen LogP contribution in [0, 0.1) is 17.1 Å². The molecule has 3 rings (SSSR count). The molecule has 21 heavy (non-hydrogen) atoms. The predicted octanol–water partition coefficient (Wildman–Crippen LogP) is 5.17. The van der Waals surface area contributed by atoms with E-state index in [4.69, 9.17) is 5.26 Å². The smallest absolute Gasteiger partial charge is 0.147 e. The molecule has 0 aliphatic carbocycles. The summed E-state index contributed by atoms with van der Waals surface area (Å²) in [5.74, 6) is -0.339. The van der Waals surface area contributed by atoms with E-state index in [1.165, 1.54) is 17.4 Å². The van der Waals surface area contributed by atoms with Crippen LogP contribution in [-0.2, 0) is 0 Å². The first-order valence-corrected chi connectivity index (χ1v) is 7.25. The highest BCUT2D eigenvalue weighted by atomic mass is 32.1. The molecule has 2 aromatic carbocycles. The molecule has 0 saturated carbocycles. The van der Waals surface area contributed by atoms with Gasteiger partial charge >= 0.3 is 0 Å². The monoisotopic (exact) mass is 294 g/mol. The Balaban J connectivity index is 1.91. The topological polar surface area (TPSA) is 35.8 Å². The number of rotatable bonds is 3. The second-order valence-corrected chi connectivity index (χ2v) is 5.38. The molecule has 0 bridgehead atoms. The molecule has 0 unspecified atom stereocenters. The fourth-order valence-corrected chi connectivity index (χ4v) is 2.79. The molecule has 0 radical (unpaired) electrons. The van der Waals surface area contributed by atoms with Crippen molar-refractivity contribution in [2.24, 2.45) is 0 Å². The van der Waals surface area contributed by atoms with Crippen molar-refractivity contribution < 1.29 is 4.39 Å². The Morgan fingerprint density at radius 3 is 2.52 bits per heavy atom. The highest BCUT2D eigenvalue weighted by Gasteiger charge is 2.08. The van der Waals surface area contributed by atoms with E-state index in [0.717, 1.165) is 11.1 Å². The van der Waals surface area contributed by atoms with Gasteiger partial charge in [0, 0.05) is 0 Å². The molecule has 3 aromatic rings. The summed E-state index contributed by atoms with van der Waals surface area (Å²) in [6.45, 7) is 0. The van der Waals surface area contributed by atoms with E-state index in [2.05, 4.69) is 11.4 Å². The summed E-state index contributed by atoms with van der Waals surface area (Å²) >= 11 is 1.38. The van der Waals surface area contributed by atoms with Crippen molar-refractivity contribution in [2.75, 3.05) is 5.32 Å². The van der Waals surface area contributed by atoms with Crippen LogP contribution in [0.15, 0.2) is 60.0 Å². The number of thiophene rings is 1. The van der Waals surface area contributed by atoms with Crippen molar-refractivity contribution in [1.29, 1.82) is 5.26 Å². The van der Waals surface area contributed by atoms with Crippen LogP contribution in [0.3, 0.4) is 0 Å². The van der Waals surface area contributed by atoms with Crippen molar-refractivity contribution in [3.8, 4) is 17.2 Å². The summed E-state index contributed by atoms with van der Waals surface area (Å²) in [4.78, 5) is 0. The lowest BCUT2D eigenvalue weighted by atomic mass is 10.1.